The summed E-state index contributed by atoms with van der Waals surface area (Å²) >= 11 is 0. The minimum Gasteiger partial charge on any atom is -0.504 e. The minimum atomic E-state index is 0.0509. The average molecular weight is 395 g/mol. The molecule has 2 unspecified atom stereocenters. The zero-order valence-corrected chi connectivity index (χ0v) is 19.1. The summed E-state index contributed by atoms with van der Waals surface area (Å²) in [6.07, 6.45) is 9.47. The maximum absolute atomic E-state index is 10.6. The van der Waals surface area contributed by atoms with Gasteiger partial charge >= 0.3 is 0 Å². The summed E-state index contributed by atoms with van der Waals surface area (Å²) in [5, 5.41) is 20.9. The molecule has 0 saturated heterocycles. The SMILES string of the molecule is COc1c(O)c(C)c(CCC(C)CCCC(C)CCCC(C)C)c(O)c1OC. The molecule has 4 heteroatoms. The van der Waals surface area contributed by atoms with Crippen LogP contribution in [0.2, 0.25) is 0 Å². The topological polar surface area (TPSA) is 58.9 Å². The summed E-state index contributed by atoms with van der Waals surface area (Å²) in [5.41, 5.74) is 1.42. The Kier molecular flexibility index (Phi) is 10.6. The molecule has 162 valence electrons. The van der Waals surface area contributed by atoms with Gasteiger partial charge < -0.3 is 19.7 Å². The van der Waals surface area contributed by atoms with Crippen LogP contribution in [0.3, 0.4) is 0 Å². The van der Waals surface area contributed by atoms with Crippen molar-refractivity contribution < 1.29 is 19.7 Å². The van der Waals surface area contributed by atoms with Gasteiger partial charge in [0.25, 0.3) is 0 Å². The Morgan fingerprint density at radius 3 is 1.68 bits per heavy atom. The maximum atomic E-state index is 10.6. The predicted molar refractivity (Wildman–Crippen MR) is 117 cm³/mol. The van der Waals surface area contributed by atoms with Gasteiger partial charge in [0.15, 0.2) is 11.5 Å². The summed E-state index contributed by atoms with van der Waals surface area (Å²) in [6.45, 7) is 11.1. The van der Waals surface area contributed by atoms with Crippen LogP contribution in [0.1, 0.15) is 83.8 Å². The fraction of sp³-hybridized carbons (Fsp3) is 0.750. The van der Waals surface area contributed by atoms with Gasteiger partial charge in [-0.15, -0.1) is 0 Å². The van der Waals surface area contributed by atoms with E-state index in [0.717, 1.165) is 30.2 Å². The third-order valence-corrected chi connectivity index (χ3v) is 5.90. The second-order valence-electron chi connectivity index (χ2n) is 8.87. The van der Waals surface area contributed by atoms with E-state index >= 15 is 0 Å². The van der Waals surface area contributed by atoms with Crippen molar-refractivity contribution in [1.82, 2.24) is 0 Å². The summed E-state index contributed by atoms with van der Waals surface area (Å²) in [4.78, 5) is 0. The van der Waals surface area contributed by atoms with Crippen molar-refractivity contribution in [3.05, 3.63) is 11.1 Å². The van der Waals surface area contributed by atoms with E-state index in [4.69, 9.17) is 9.47 Å². The molecule has 0 saturated carbocycles. The quantitative estimate of drug-likeness (QED) is 0.369. The van der Waals surface area contributed by atoms with Crippen molar-refractivity contribution in [2.45, 2.75) is 86.0 Å². The highest BCUT2D eigenvalue weighted by Crippen LogP contribution is 2.48. The minimum absolute atomic E-state index is 0.0509. The van der Waals surface area contributed by atoms with Gasteiger partial charge in [0, 0.05) is 11.1 Å². The highest BCUT2D eigenvalue weighted by molar-refractivity contribution is 5.65. The molecular weight excluding hydrogens is 352 g/mol. The molecule has 0 aliphatic rings. The monoisotopic (exact) mass is 394 g/mol. The maximum Gasteiger partial charge on any atom is 0.207 e. The van der Waals surface area contributed by atoms with Crippen molar-refractivity contribution in [2.24, 2.45) is 17.8 Å². The molecule has 28 heavy (non-hydrogen) atoms. The molecule has 4 nitrogen and oxygen atoms in total. The van der Waals surface area contributed by atoms with Crippen LogP contribution in [-0.2, 0) is 6.42 Å². The van der Waals surface area contributed by atoms with Gasteiger partial charge in [-0.2, -0.15) is 0 Å². The van der Waals surface area contributed by atoms with E-state index in [2.05, 4.69) is 27.7 Å². The van der Waals surface area contributed by atoms with E-state index in [0.29, 0.717) is 11.5 Å². The van der Waals surface area contributed by atoms with Gasteiger partial charge in [-0.1, -0.05) is 66.2 Å². The van der Waals surface area contributed by atoms with Gasteiger partial charge in [0.2, 0.25) is 11.5 Å². The summed E-state index contributed by atoms with van der Waals surface area (Å²) < 4.78 is 10.4. The third kappa shape index (κ3) is 7.10. The van der Waals surface area contributed by atoms with Crippen molar-refractivity contribution in [1.29, 1.82) is 0 Å². The molecule has 0 heterocycles. The lowest BCUT2D eigenvalue weighted by Crippen LogP contribution is -2.03. The van der Waals surface area contributed by atoms with E-state index in [1.807, 2.05) is 6.92 Å². The number of benzene rings is 1. The zero-order valence-electron chi connectivity index (χ0n) is 19.1. The van der Waals surface area contributed by atoms with Crippen LogP contribution in [0.4, 0.5) is 0 Å². The molecule has 0 bridgehead atoms. The number of phenols is 2. The Balaban J connectivity index is 2.53. The van der Waals surface area contributed by atoms with Crippen LogP contribution >= 0.6 is 0 Å². The van der Waals surface area contributed by atoms with Crippen LogP contribution in [-0.4, -0.2) is 24.4 Å². The number of phenolic OH excluding ortho intramolecular Hbond substituents is 2. The first kappa shape index (κ1) is 24.5. The van der Waals surface area contributed by atoms with E-state index in [-0.39, 0.29) is 23.0 Å². The molecular formula is C24H42O4. The van der Waals surface area contributed by atoms with Crippen molar-refractivity contribution in [2.75, 3.05) is 14.2 Å². The van der Waals surface area contributed by atoms with Crippen LogP contribution in [0.25, 0.3) is 0 Å². The number of rotatable bonds is 13. The van der Waals surface area contributed by atoms with Crippen LogP contribution in [0.15, 0.2) is 0 Å². The lowest BCUT2D eigenvalue weighted by molar-refractivity contribution is 0.313. The largest absolute Gasteiger partial charge is 0.504 e. The Hall–Kier alpha value is -1.58. The number of hydrogen-bond acceptors (Lipinski definition) is 4. The van der Waals surface area contributed by atoms with E-state index < -0.39 is 0 Å². The number of methoxy groups -OCH3 is 2. The standard InChI is InChI=1S/C24H42O4/c1-16(2)10-8-11-17(3)12-9-13-18(4)14-15-20-19(5)21(25)23(27-6)24(28-7)22(20)26/h16-18,25-26H,8-15H2,1-7H3. The summed E-state index contributed by atoms with van der Waals surface area (Å²) in [6, 6.07) is 0. The lowest BCUT2D eigenvalue weighted by Gasteiger charge is -2.19. The van der Waals surface area contributed by atoms with Crippen LogP contribution in [0.5, 0.6) is 23.0 Å². The first-order valence-electron chi connectivity index (χ1n) is 10.9. The molecule has 0 spiro atoms. The highest BCUT2D eigenvalue weighted by atomic mass is 16.5. The van der Waals surface area contributed by atoms with E-state index in [1.54, 1.807) is 0 Å². The zero-order chi connectivity index (χ0) is 21.3. The van der Waals surface area contributed by atoms with Crippen molar-refractivity contribution in [3.63, 3.8) is 0 Å². The molecule has 0 fully saturated rings. The van der Waals surface area contributed by atoms with Crippen molar-refractivity contribution >= 4 is 0 Å². The Morgan fingerprint density at radius 2 is 1.18 bits per heavy atom. The Labute approximate surface area is 172 Å². The molecule has 0 amide bonds. The fourth-order valence-electron chi connectivity index (χ4n) is 3.90. The van der Waals surface area contributed by atoms with Crippen LogP contribution < -0.4 is 9.47 Å². The smallest absolute Gasteiger partial charge is 0.207 e. The Morgan fingerprint density at radius 1 is 0.714 bits per heavy atom. The second-order valence-corrected chi connectivity index (χ2v) is 8.87. The first-order valence-corrected chi connectivity index (χ1v) is 10.9. The molecule has 1 rings (SSSR count). The second kappa shape index (κ2) is 12.1. The number of ether oxygens (including phenoxy) is 2. The van der Waals surface area contributed by atoms with Gasteiger partial charge in [-0.05, 0) is 37.5 Å². The van der Waals surface area contributed by atoms with Gasteiger partial charge in [-0.3, -0.25) is 0 Å². The molecule has 1 aromatic carbocycles. The first-order chi connectivity index (χ1) is 13.2. The van der Waals surface area contributed by atoms with Crippen molar-refractivity contribution in [3.8, 4) is 23.0 Å². The van der Waals surface area contributed by atoms with E-state index in [1.165, 1.54) is 52.7 Å². The van der Waals surface area contributed by atoms with Gasteiger partial charge in [0.05, 0.1) is 14.2 Å². The average Bonchev–Trinajstić information content (AvgIpc) is 2.64. The molecule has 2 atom stereocenters. The normalized spacial score (nSPS) is 13.6. The summed E-state index contributed by atoms with van der Waals surface area (Å²) in [5.74, 6) is 2.74. The molecule has 0 radical (unpaired) electrons. The fourth-order valence-corrected chi connectivity index (χ4v) is 3.90. The molecule has 0 aromatic heterocycles. The molecule has 1 aromatic rings. The summed E-state index contributed by atoms with van der Waals surface area (Å²) in [7, 11) is 2.93. The number of aromatic hydroxyl groups is 2. The molecule has 0 aliphatic carbocycles. The number of hydrogen-bond donors (Lipinski definition) is 2. The molecule has 2 N–H and O–H groups in total. The van der Waals surface area contributed by atoms with Gasteiger partial charge in [-0.25, -0.2) is 0 Å². The third-order valence-electron chi connectivity index (χ3n) is 5.90. The predicted octanol–water partition coefficient (Wildman–Crippen LogP) is 6.62. The Bertz CT molecular complexity index is 595. The highest BCUT2D eigenvalue weighted by Gasteiger charge is 2.23. The molecule has 0 aliphatic heterocycles. The van der Waals surface area contributed by atoms with Gasteiger partial charge in [0.1, 0.15) is 0 Å². The van der Waals surface area contributed by atoms with Crippen LogP contribution in [0, 0.1) is 24.7 Å². The lowest BCUT2D eigenvalue weighted by atomic mass is 9.90. The van der Waals surface area contributed by atoms with E-state index in [9.17, 15) is 10.2 Å².